The molecule has 2 heterocycles. The molecule has 0 spiro atoms. The van der Waals surface area contributed by atoms with Crippen molar-refractivity contribution in [1.29, 1.82) is 0 Å². The number of nitrogens with zero attached hydrogens (tertiary/aromatic N) is 1. The van der Waals surface area contributed by atoms with Gasteiger partial charge in [0.1, 0.15) is 22.9 Å². The first-order valence-electron chi connectivity index (χ1n) is 10.2. The molecule has 0 N–H and O–H groups in total. The van der Waals surface area contributed by atoms with E-state index in [1.165, 1.54) is 11.3 Å². The van der Waals surface area contributed by atoms with Crippen molar-refractivity contribution in [1.82, 2.24) is 4.98 Å². The van der Waals surface area contributed by atoms with Crippen LogP contribution in [0.5, 0.6) is 10.9 Å². The maximum Gasteiger partial charge on any atom is 0.279 e. The molecule has 0 radical (unpaired) electrons. The monoisotopic (exact) mass is 457 g/mol. The van der Waals surface area contributed by atoms with E-state index in [0.717, 1.165) is 15.8 Å². The molecule has 4 rings (SSSR count). The van der Waals surface area contributed by atoms with Gasteiger partial charge in [0, 0.05) is 5.02 Å². The fourth-order valence-electron chi connectivity index (χ4n) is 4.08. The van der Waals surface area contributed by atoms with Crippen LogP contribution >= 0.6 is 22.9 Å². The second-order valence-corrected chi connectivity index (χ2v) is 10.1. The lowest BCUT2D eigenvalue weighted by molar-refractivity contribution is -0.184. The van der Waals surface area contributed by atoms with Gasteiger partial charge >= 0.3 is 0 Å². The minimum absolute atomic E-state index is 0.238. The number of Topliss-reactive ketones (excluding diaryl/α,β-unsaturated/α-hetero) is 2. The quantitative estimate of drug-likeness (QED) is 0.442. The fourth-order valence-corrected chi connectivity index (χ4v) is 5.20. The highest BCUT2D eigenvalue weighted by Crippen LogP contribution is 2.41. The van der Waals surface area contributed by atoms with Crippen molar-refractivity contribution in [2.75, 3.05) is 0 Å². The van der Waals surface area contributed by atoms with Gasteiger partial charge in [-0.2, -0.15) is 0 Å². The van der Waals surface area contributed by atoms with Gasteiger partial charge in [-0.25, -0.2) is 4.98 Å². The molecule has 0 bridgehead atoms. The summed E-state index contributed by atoms with van der Waals surface area (Å²) in [6, 6.07) is 11.0. The molecular formula is C24H24ClNO4S. The third kappa shape index (κ3) is 4.00. The Labute approximate surface area is 190 Å². The number of ether oxygens (including phenoxy) is 2. The number of hydrogen-bond donors (Lipinski definition) is 0. The number of hydrogen-bond acceptors (Lipinski definition) is 6. The van der Waals surface area contributed by atoms with Crippen LogP contribution in [0.15, 0.2) is 36.4 Å². The van der Waals surface area contributed by atoms with Crippen molar-refractivity contribution in [3.63, 3.8) is 0 Å². The van der Waals surface area contributed by atoms with Crippen LogP contribution in [-0.4, -0.2) is 27.8 Å². The van der Waals surface area contributed by atoms with Crippen LogP contribution in [0.2, 0.25) is 5.02 Å². The van der Waals surface area contributed by atoms with Gasteiger partial charge in [-0.1, -0.05) is 35.9 Å². The molecule has 2 aromatic carbocycles. The summed E-state index contributed by atoms with van der Waals surface area (Å²) < 4.78 is 12.8. The van der Waals surface area contributed by atoms with Crippen molar-refractivity contribution in [3.05, 3.63) is 52.5 Å². The Morgan fingerprint density at radius 3 is 2.39 bits per heavy atom. The Kier molecular flexibility index (Phi) is 5.44. The number of aromatic nitrogens is 1. The molecule has 1 aromatic heterocycles. The average Bonchev–Trinajstić information content (AvgIpc) is 3.07. The summed E-state index contributed by atoms with van der Waals surface area (Å²) in [7, 11) is 0. The Morgan fingerprint density at radius 1 is 1.06 bits per heavy atom. The third-order valence-corrected chi connectivity index (χ3v) is 6.70. The lowest BCUT2D eigenvalue weighted by atomic mass is 9.73. The zero-order chi connectivity index (χ0) is 22.6. The van der Waals surface area contributed by atoms with Crippen LogP contribution in [0.25, 0.3) is 10.2 Å². The molecule has 0 unspecified atom stereocenters. The van der Waals surface area contributed by atoms with E-state index in [2.05, 4.69) is 4.98 Å². The van der Waals surface area contributed by atoms with Gasteiger partial charge in [-0.15, -0.1) is 0 Å². The van der Waals surface area contributed by atoms with Crippen LogP contribution in [0.3, 0.4) is 0 Å². The van der Waals surface area contributed by atoms with Gasteiger partial charge < -0.3 is 9.47 Å². The Bertz CT molecular complexity index is 1170. The summed E-state index contributed by atoms with van der Waals surface area (Å²) in [5.74, 6) is -0.844. The second kappa shape index (κ2) is 7.69. The van der Waals surface area contributed by atoms with Crippen LogP contribution < -0.4 is 4.74 Å². The molecule has 7 heteroatoms. The molecule has 1 fully saturated rings. The zero-order valence-electron chi connectivity index (χ0n) is 18.1. The van der Waals surface area contributed by atoms with Gasteiger partial charge in [0.2, 0.25) is 0 Å². The number of carbonyl (C=O) groups is 2. The summed E-state index contributed by atoms with van der Waals surface area (Å²) in [6.45, 7) is 8.87. The number of carbonyl (C=O) groups excluding carboxylic acids is 2. The zero-order valence-corrected chi connectivity index (χ0v) is 19.7. The van der Waals surface area contributed by atoms with Crippen LogP contribution in [0, 0.1) is 0 Å². The van der Waals surface area contributed by atoms with Gasteiger partial charge in [-0.05, 0) is 75.6 Å². The number of rotatable bonds is 4. The molecule has 0 amide bonds. The molecule has 3 aromatic rings. The molecule has 0 saturated carbocycles. The maximum absolute atomic E-state index is 13.2. The van der Waals surface area contributed by atoms with E-state index in [-0.39, 0.29) is 11.6 Å². The van der Waals surface area contributed by atoms with Crippen LogP contribution in [0.1, 0.15) is 51.7 Å². The summed E-state index contributed by atoms with van der Waals surface area (Å²) in [4.78, 5) is 30.9. The van der Waals surface area contributed by atoms with E-state index in [1.54, 1.807) is 39.8 Å². The molecule has 31 heavy (non-hydrogen) atoms. The highest BCUT2D eigenvalue weighted by atomic mass is 35.5. The summed E-state index contributed by atoms with van der Waals surface area (Å²) >= 11 is 7.45. The minimum Gasteiger partial charge on any atom is -0.431 e. The van der Waals surface area contributed by atoms with Gasteiger partial charge in [0.15, 0.2) is 11.6 Å². The molecule has 162 valence electrons. The van der Waals surface area contributed by atoms with Crippen molar-refractivity contribution in [2.45, 2.75) is 58.2 Å². The average molecular weight is 458 g/mol. The van der Waals surface area contributed by atoms with Crippen LogP contribution in [-0.2, 0) is 20.7 Å². The van der Waals surface area contributed by atoms with Gasteiger partial charge in [0.05, 0.1) is 10.2 Å². The Balaban J connectivity index is 1.74. The number of ketones is 2. The van der Waals surface area contributed by atoms with Crippen molar-refractivity contribution in [2.24, 2.45) is 0 Å². The second-order valence-electron chi connectivity index (χ2n) is 8.69. The number of fused-ring (bicyclic) bond motifs is 1. The SMILES string of the molecule is CCc1ccc(Oc2nc3ccc(Cl)cc3s2)cc1C1C(=O)C(C)(C)OC(C)(C)C1=O. The summed E-state index contributed by atoms with van der Waals surface area (Å²) in [6.07, 6.45) is 0.689. The fraction of sp³-hybridized carbons (Fsp3) is 0.375. The minimum atomic E-state index is -1.06. The van der Waals surface area contributed by atoms with Gasteiger partial charge in [-0.3, -0.25) is 9.59 Å². The standard InChI is InChI=1S/C24H24ClNO4S/c1-6-13-7-9-15(29-22-26-17-10-8-14(25)11-18(17)31-22)12-16(13)19-20(27)23(2,3)30-24(4,5)21(19)28/h7-12,19H,6H2,1-5H3. The predicted octanol–water partition coefficient (Wildman–Crippen LogP) is 6.11. The molecule has 1 aliphatic rings. The summed E-state index contributed by atoms with van der Waals surface area (Å²) in [5.41, 5.74) is 0.285. The first-order chi connectivity index (χ1) is 14.5. The van der Waals surface area contributed by atoms with Crippen LogP contribution in [0.4, 0.5) is 0 Å². The number of thiazole rings is 1. The lowest BCUT2D eigenvalue weighted by Crippen LogP contribution is -2.58. The highest BCUT2D eigenvalue weighted by Gasteiger charge is 2.53. The maximum atomic E-state index is 13.2. The third-order valence-electron chi connectivity index (χ3n) is 5.57. The van der Waals surface area contributed by atoms with Crippen molar-refractivity contribution in [3.8, 4) is 10.9 Å². The molecule has 5 nitrogen and oxygen atoms in total. The first kappa shape index (κ1) is 21.9. The predicted molar refractivity (Wildman–Crippen MR) is 123 cm³/mol. The van der Waals surface area contributed by atoms with Crippen molar-refractivity contribution >= 4 is 44.7 Å². The molecular weight excluding hydrogens is 434 g/mol. The van der Waals surface area contributed by atoms with E-state index < -0.39 is 17.1 Å². The highest BCUT2D eigenvalue weighted by molar-refractivity contribution is 7.20. The van der Waals surface area contributed by atoms with Crippen molar-refractivity contribution < 1.29 is 19.1 Å². The lowest BCUT2D eigenvalue weighted by Gasteiger charge is -2.43. The Morgan fingerprint density at radius 2 is 1.74 bits per heavy atom. The summed E-state index contributed by atoms with van der Waals surface area (Å²) in [5, 5.41) is 1.11. The normalized spacial score (nSPS) is 18.5. The molecule has 0 atom stereocenters. The van der Waals surface area contributed by atoms with E-state index in [1.807, 2.05) is 31.2 Å². The number of aryl methyl sites for hydroxylation is 1. The van der Waals surface area contributed by atoms with E-state index >= 15 is 0 Å². The molecule has 1 saturated heterocycles. The van der Waals surface area contributed by atoms with E-state index in [0.29, 0.717) is 28.0 Å². The largest absolute Gasteiger partial charge is 0.431 e. The smallest absolute Gasteiger partial charge is 0.279 e. The van der Waals surface area contributed by atoms with E-state index in [4.69, 9.17) is 21.1 Å². The first-order valence-corrected chi connectivity index (χ1v) is 11.4. The molecule has 1 aliphatic heterocycles. The van der Waals surface area contributed by atoms with Gasteiger partial charge in [0.25, 0.3) is 5.19 Å². The molecule has 0 aliphatic carbocycles. The number of halogens is 1. The number of benzene rings is 2. The Hall–Kier alpha value is -2.28. The van der Waals surface area contributed by atoms with E-state index in [9.17, 15) is 9.59 Å². The topological polar surface area (TPSA) is 65.5 Å².